The van der Waals surface area contributed by atoms with Gasteiger partial charge in [-0.1, -0.05) is 15.9 Å². The molecule has 0 saturated heterocycles. The zero-order valence-electron chi connectivity index (χ0n) is 10.7. The van der Waals surface area contributed by atoms with Crippen LogP contribution in [0.25, 0.3) is 0 Å². The Morgan fingerprint density at radius 2 is 1.95 bits per heavy atom. The molecule has 0 bridgehead atoms. The van der Waals surface area contributed by atoms with Crippen LogP contribution in [0.1, 0.15) is 18.4 Å². The average molecular weight is 319 g/mol. The molecule has 2 N–H and O–H groups in total. The van der Waals surface area contributed by atoms with Crippen LogP contribution in [-0.2, 0) is 0 Å². The van der Waals surface area contributed by atoms with Gasteiger partial charge in [-0.05, 0) is 43.5 Å². The molecule has 5 heteroatoms. The first-order valence-corrected chi connectivity index (χ1v) is 7.12. The van der Waals surface area contributed by atoms with Crippen LogP contribution in [0.4, 0.5) is 17.3 Å². The normalized spacial score (nSPS) is 14.2. The van der Waals surface area contributed by atoms with Gasteiger partial charge in [-0.3, -0.25) is 0 Å². The van der Waals surface area contributed by atoms with E-state index < -0.39 is 0 Å². The third-order valence-electron chi connectivity index (χ3n) is 3.03. The van der Waals surface area contributed by atoms with E-state index in [4.69, 9.17) is 0 Å². The first-order chi connectivity index (χ1) is 9.20. The Kier molecular flexibility index (Phi) is 3.38. The van der Waals surface area contributed by atoms with E-state index in [1.54, 1.807) is 6.33 Å². The smallest absolute Gasteiger partial charge is 0.135 e. The average Bonchev–Trinajstić information content (AvgIpc) is 3.18. The van der Waals surface area contributed by atoms with Crippen LogP contribution in [-0.4, -0.2) is 16.0 Å². The van der Waals surface area contributed by atoms with Gasteiger partial charge in [-0.2, -0.15) is 0 Å². The van der Waals surface area contributed by atoms with Gasteiger partial charge in [0.05, 0.1) is 0 Å². The lowest BCUT2D eigenvalue weighted by atomic mass is 10.2. The van der Waals surface area contributed by atoms with Crippen molar-refractivity contribution in [2.24, 2.45) is 0 Å². The van der Waals surface area contributed by atoms with Crippen molar-refractivity contribution in [3.05, 3.63) is 40.6 Å². The SMILES string of the molecule is Cc1cc(Nc2cc(NC3CC3)ncn2)ccc1Br. The lowest BCUT2D eigenvalue weighted by molar-refractivity contribution is 1.08. The number of aryl methyl sites for hydroxylation is 1. The molecule has 1 aromatic heterocycles. The zero-order chi connectivity index (χ0) is 13.2. The van der Waals surface area contributed by atoms with Crippen molar-refractivity contribution in [2.75, 3.05) is 10.6 Å². The molecule has 4 nitrogen and oxygen atoms in total. The predicted octanol–water partition coefficient (Wildman–Crippen LogP) is 3.87. The number of benzene rings is 1. The summed E-state index contributed by atoms with van der Waals surface area (Å²) in [6, 6.07) is 8.67. The molecule has 2 aromatic rings. The zero-order valence-corrected chi connectivity index (χ0v) is 12.2. The summed E-state index contributed by atoms with van der Waals surface area (Å²) < 4.78 is 1.11. The number of nitrogens with one attached hydrogen (secondary N) is 2. The fourth-order valence-electron chi connectivity index (χ4n) is 1.81. The summed E-state index contributed by atoms with van der Waals surface area (Å²) in [4.78, 5) is 8.46. The van der Waals surface area contributed by atoms with Crippen molar-refractivity contribution in [3.63, 3.8) is 0 Å². The second kappa shape index (κ2) is 5.17. The van der Waals surface area contributed by atoms with E-state index in [1.807, 2.05) is 18.2 Å². The van der Waals surface area contributed by atoms with Crippen molar-refractivity contribution in [2.45, 2.75) is 25.8 Å². The van der Waals surface area contributed by atoms with E-state index in [0.717, 1.165) is 21.8 Å². The Bertz CT molecular complexity index is 596. The van der Waals surface area contributed by atoms with Crippen LogP contribution >= 0.6 is 15.9 Å². The molecule has 98 valence electrons. The quantitative estimate of drug-likeness (QED) is 0.898. The second-order valence-corrected chi connectivity index (χ2v) is 5.65. The standard InChI is InChI=1S/C14H15BrN4/c1-9-6-11(4-5-12(9)15)19-14-7-13(16-8-17-14)18-10-2-3-10/h4-8,10H,2-3H2,1H3,(H2,16,17,18,19). The Balaban J connectivity index is 1.75. The molecule has 1 aliphatic rings. The van der Waals surface area contributed by atoms with Crippen molar-refractivity contribution in [1.82, 2.24) is 9.97 Å². The van der Waals surface area contributed by atoms with E-state index in [0.29, 0.717) is 6.04 Å². The Labute approximate surface area is 120 Å². The molecule has 0 unspecified atom stereocenters. The first-order valence-electron chi connectivity index (χ1n) is 6.32. The third-order valence-corrected chi connectivity index (χ3v) is 3.92. The van der Waals surface area contributed by atoms with Gasteiger partial charge in [-0.25, -0.2) is 9.97 Å². The fraction of sp³-hybridized carbons (Fsp3) is 0.286. The minimum Gasteiger partial charge on any atom is -0.367 e. The molecule has 1 fully saturated rings. The predicted molar refractivity (Wildman–Crippen MR) is 80.8 cm³/mol. The molecular weight excluding hydrogens is 304 g/mol. The highest BCUT2D eigenvalue weighted by Gasteiger charge is 2.21. The van der Waals surface area contributed by atoms with E-state index in [2.05, 4.69) is 49.5 Å². The number of hydrogen-bond donors (Lipinski definition) is 2. The third kappa shape index (κ3) is 3.23. The number of rotatable bonds is 4. The monoisotopic (exact) mass is 318 g/mol. The summed E-state index contributed by atoms with van der Waals surface area (Å²) in [5.74, 6) is 1.69. The fourth-order valence-corrected chi connectivity index (χ4v) is 2.06. The summed E-state index contributed by atoms with van der Waals surface area (Å²) >= 11 is 3.50. The van der Waals surface area contributed by atoms with Gasteiger partial charge in [0.2, 0.25) is 0 Å². The summed E-state index contributed by atoms with van der Waals surface area (Å²) in [7, 11) is 0. The minimum absolute atomic E-state index is 0.595. The number of hydrogen-bond acceptors (Lipinski definition) is 4. The molecule has 0 aliphatic heterocycles. The lowest BCUT2D eigenvalue weighted by Gasteiger charge is -2.09. The molecule has 0 radical (unpaired) electrons. The Hall–Kier alpha value is -1.62. The summed E-state index contributed by atoms with van der Waals surface area (Å²) in [6.07, 6.45) is 4.05. The van der Waals surface area contributed by atoms with Crippen LogP contribution in [0.2, 0.25) is 0 Å². The van der Waals surface area contributed by atoms with Crippen molar-refractivity contribution < 1.29 is 0 Å². The van der Waals surface area contributed by atoms with Gasteiger partial charge in [0, 0.05) is 22.3 Å². The number of aromatic nitrogens is 2. The maximum atomic E-state index is 4.24. The highest BCUT2D eigenvalue weighted by Crippen LogP contribution is 2.25. The van der Waals surface area contributed by atoms with Crippen molar-refractivity contribution >= 4 is 33.3 Å². The van der Waals surface area contributed by atoms with Crippen LogP contribution in [0, 0.1) is 6.92 Å². The number of halogens is 1. The molecule has 1 heterocycles. The highest BCUT2D eigenvalue weighted by molar-refractivity contribution is 9.10. The van der Waals surface area contributed by atoms with Gasteiger partial charge >= 0.3 is 0 Å². The van der Waals surface area contributed by atoms with Crippen molar-refractivity contribution in [1.29, 1.82) is 0 Å². The van der Waals surface area contributed by atoms with Crippen LogP contribution in [0.3, 0.4) is 0 Å². The van der Waals surface area contributed by atoms with Crippen molar-refractivity contribution in [3.8, 4) is 0 Å². The van der Waals surface area contributed by atoms with E-state index >= 15 is 0 Å². The molecule has 1 aliphatic carbocycles. The second-order valence-electron chi connectivity index (χ2n) is 4.80. The maximum Gasteiger partial charge on any atom is 0.135 e. The van der Waals surface area contributed by atoms with Crippen LogP contribution in [0.5, 0.6) is 0 Å². The van der Waals surface area contributed by atoms with E-state index in [1.165, 1.54) is 18.4 Å². The topological polar surface area (TPSA) is 49.8 Å². The summed E-state index contributed by atoms with van der Waals surface area (Å²) in [5.41, 5.74) is 2.21. The first kappa shape index (κ1) is 12.4. The minimum atomic E-state index is 0.595. The summed E-state index contributed by atoms with van der Waals surface area (Å²) in [5, 5.41) is 6.66. The van der Waals surface area contributed by atoms with E-state index in [9.17, 15) is 0 Å². The summed E-state index contributed by atoms with van der Waals surface area (Å²) in [6.45, 7) is 2.06. The molecule has 0 amide bonds. The van der Waals surface area contributed by atoms with Gasteiger partial charge < -0.3 is 10.6 Å². The molecule has 0 atom stereocenters. The lowest BCUT2D eigenvalue weighted by Crippen LogP contribution is -2.04. The molecule has 19 heavy (non-hydrogen) atoms. The Morgan fingerprint density at radius 3 is 2.68 bits per heavy atom. The molecule has 0 spiro atoms. The molecular formula is C14H15BrN4. The number of anilines is 3. The molecule has 3 rings (SSSR count). The maximum absolute atomic E-state index is 4.24. The van der Waals surface area contributed by atoms with Gasteiger partial charge in [0.15, 0.2) is 0 Å². The van der Waals surface area contributed by atoms with Gasteiger partial charge in [0.25, 0.3) is 0 Å². The van der Waals surface area contributed by atoms with Gasteiger partial charge in [0.1, 0.15) is 18.0 Å². The van der Waals surface area contributed by atoms with E-state index in [-0.39, 0.29) is 0 Å². The highest BCUT2D eigenvalue weighted by atomic mass is 79.9. The van der Waals surface area contributed by atoms with Gasteiger partial charge in [-0.15, -0.1) is 0 Å². The molecule has 1 aromatic carbocycles. The Morgan fingerprint density at radius 1 is 1.16 bits per heavy atom. The largest absolute Gasteiger partial charge is 0.367 e. The van der Waals surface area contributed by atoms with Crippen LogP contribution < -0.4 is 10.6 Å². The number of nitrogens with zero attached hydrogens (tertiary/aromatic N) is 2. The molecule has 1 saturated carbocycles. The van der Waals surface area contributed by atoms with Crippen LogP contribution in [0.15, 0.2) is 35.1 Å².